The summed E-state index contributed by atoms with van der Waals surface area (Å²) in [5, 5.41) is 3.28. The van der Waals surface area contributed by atoms with Gasteiger partial charge in [-0.25, -0.2) is 0 Å². The molecular formula is C11H16ClNO. The lowest BCUT2D eigenvalue weighted by molar-refractivity contribution is 0.199. The second kappa shape index (κ2) is 6.82. The number of rotatable bonds is 6. The largest absolute Gasteiger partial charge is 0.383 e. The number of methoxy groups -OCH3 is 1. The van der Waals surface area contributed by atoms with Gasteiger partial charge < -0.3 is 10.1 Å². The van der Waals surface area contributed by atoms with Gasteiger partial charge in [0, 0.05) is 26.1 Å². The van der Waals surface area contributed by atoms with Crippen molar-refractivity contribution >= 4 is 11.6 Å². The Hall–Kier alpha value is -0.570. The van der Waals surface area contributed by atoms with Crippen LogP contribution in [0.15, 0.2) is 24.3 Å². The van der Waals surface area contributed by atoms with Gasteiger partial charge >= 0.3 is 0 Å². The molecule has 0 aromatic heterocycles. The minimum Gasteiger partial charge on any atom is -0.383 e. The summed E-state index contributed by atoms with van der Waals surface area (Å²) in [4.78, 5) is 0. The van der Waals surface area contributed by atoms with Crippen LogP contribution in [0.4, 0.5) is 0 Å². The van der Waals surface area contributed by atoms with Crippen LogP contribution in [0.1, 0.15) is 11.1 Å². The number of halogens is 1. The summed E-state index contributed by atoms with van der Waals surface area (Å²) in [5.74, 6) is 0.581. The molecule has 78 valence electrons. The Labute approximate surface area is 90.2 Å². The van der Waals surface area contributed by atoms with Crippen LogP contribution < -0.4 is 5.32 Å². The number of hydrogen-bond acceptors (Lipinski definition) is 2. The molecule has 1 aromatic carbocycles. The highest BCUT2D eigenvalue weighted by molar-refractivity contribution is 6.17. The lowest BCUT2D eigenvalue weighted by Gasteiger charge is -2.04. The minimum atomic E-state index is 0.581. The minimum absolute atomic E-state index is 0.581. The van der Waals surface area contributed by atoms with E-state index in [1.165, 1.54) is 5.56 Å². The Kier molecular flexibility index (Phi) is 5.60. The predicted molar refractivity (Wildman–Crippen MR) is 59.6 cm³/mol. The smallest absolute Gasteiger partial charge is 0.0587 e. The molecule has 0 amide bonds. The van der Waals surface area contributed by atoms with Crippen LogP contribution in [0.25, 0.3) is 0 Å². The van der Waals surface area contributed by atoms with Gasteiger partial charge in [0.15, 0.2) is 0 Å². The molecule has 0 aliphatic carbocycles. The number of alkyl halides is 1. The van der Waals surface area contributed by atoms with Gasteiger partial charge in [0.05, 0.1) is 6.61 Å². The van der Waals surface area contributed by atoms with Gasteiger partial charge in [-0.3, -0.25) is 0 Å². The van der Waals surface area contributed by atoms with Gasteiger partial charge in [0.25, 0.3) is 0 Å². The average Bonchev–Trinajstić information content (AvgIpc) is 2.25. The predicted octanol–water partition coefficient (Wildman–Crippen LogP) is 2.16. The van der Waals surface area contributed by atoms with Gasteiger partial charge in [-0.1, -0.05) is 24.3 Å². The van der Waals surface area contributed by atoms with Crippen molar-refractivity contribution in [2.24, 2.45) is 0 Å². The second-order valence-corrected chi connectivity index (χ2v) is 3.39. The molecule has 0 fully saturated rings. The molecule has 0 saturated carbocycles. The maximum atomic E-state index is 5.69. The van der Waals surface area contributed by atoms with Gasteiger partial charge in [-0.2, -0.15) is 0 Å². The Balaban J connectivity index is 2.29. The molecule has 0 saturated heterocycles. The fourth-order valence-corrected chi connectivity index (χ4v) is 1.33. The average molecular weight is 214 g/mol. The first-order valence-electron chi connectivity index (χ1n) is 4.70. The fourth-order valence-electron chi connectivity index (χ4n) is 1.15. The molecule has 0 heterocycles. The molecule has 1 rings (SSSR count). The molecule has 0 aliphatic heterocycles. The molecule has 2 nitrogen and oxygen atoms in total. The van der Waals surface area contributed by atoms with Crippen molar-refractivity contribution in [1.82, 2.24) is 5.32 Å². The van der Waals surface area contributed by atoms with Crippen LogP contribution in [-0.4, -0.2) is 20.3 Å². The van der Waals surface area contributed by atoms with Crippen molar-refractivity contribution in [1.29, 1.82) is 0 Å². The third-order valence-electron chi connectivity index (χ3n) is 1.99. The summed E-state index contributed by atoms with van der Waals surface area (Å²) in [6.07, 6.45) is 0. The zero-order chi connectivity index (χ0) is 10.2. The second-order valence-electron chi connectivity index (χ2n) is 3.12. The molecule has 0 spiro atoms. The van der Waals surface area contributed by atoms with E-state index in [1.54, 1.807) is 7.11 Å². The fraction of sp³-hybridized carbons (Fsp3) is 0.455. The standard InChI is InChI=1S/C11H16ClNO/c1-14-7-6-13-9-11-4-2-10(8-12)3-5-11/h2-5,13H,6-9H2,1H3. The van der Waals surface area contributed by atoms with E-state index in [9.17, 15) is 0 Å². The van der Waals surface area contributed by atoms with Crippen molar-refractivity contribution < 1.29 is 4.74 Å². The summed E-state index contributed by atoms with van der Waals surface area (Å²) in [6.45, 7) is 2.51. The van der Waals surface area contributed by atoms with Crippen LogP contribution in [-0.2, 0) is 17.2 Å². The first-order chi connectivity index (χ1) is 6.86. The third kappa shape index (κ3) is 4.09. The van der Waals surface area contributed by atoms with E-state index in [4.69, 9.17) is 16.3 Å². The zero-order valence-corrected chi connectivity index (χ0v) is 9.18. The van der Waals surface area contributed by atoms with Crippen LogP contribution >= 0.6 is 11.6 Å². The number of hydrogen-bond donors (Lipinski definition) is 1. The molecule has 3 heteroatoms. The van der Waals surface area contributed by atoms with Crippen LogP contribution in [0.3, 0.4) is 0 Å². The quantitative estimate of drug-likeness (QED) is 0.578. The lowest BCUT2D eigenvalue weighted by atomic mass is 10.1. The molecule has 1 N–H and O–H groups in total. The summed E-state index contributed by atoms with van der Waals surface area (Å²) < 4.78 is 4.94. The molecule has 0 bridgehead atoms. The first kappa shape index (κ1) is 11.5. The van der Waals surface area contributed by atoms with E-state index in [1.807, 2.05) is 0 Å². The van der Waals surface area contributed by atoms with Crippen LogP contribution in [0.2, 0.25) is 0 Å². The molecule has 0 radical (unpaired) electrons. The summed E-state index contributed by atoms with van der Waals surface area (Å²) in [6, 6.07) is 8.30. The third-order valence-corrected chi connectivity index (χ3v) is 2.30. The zero-order valence-electron chi connectivity index (χ0n) is 8.42. The summed E-state index contributed by atoms with van der Waals surface area (Å²) >= 11 is 5.69. The van der Waals surface area contributed by atoms with Gasteiger partial charge in [0.1, 0.15) is 0 Å². The van der Waals surface area contributed by atoms with E-state index in [2.05, 4.69) is 29.6 Å². The molecule has 0 aliphatic rings. The number of nitrogens with one attached hydrogen (secondary N) is 1. The molecule has 14 heavy (non-hydrogen) atoms. The molecule has 1 aromatic rings. The van der Waals surface area contributed by atoms with Crippen LogP contribution in [0.5, 0.6) is 0 Å². The summed E-state index contributed by atoms with van der Waals surface area (Å²) in [5.41, 5.74) is 2.43. The Bertz CT molecular complexity index is 248. The van der Waals surface area contributed by atoms with Gasteiger partial charge in [-0.15, -0.1) is 11.6 Å². The van der Waals surface area contributed by atoms with Crippen molar-refractivity contribution in [3.8, 4) is 0 Å². The highest BCUT2D eigenvalue weighted by Gasteiger charge is 1.93. The van der Waals surface area contributed by atoms with Gasteiger partial charge in [0.2, 0.25) is 0 Å². The van der Waals surface area contributed by atoms with Crippen molar-refractivity contribution in [2.45, 2.75) is 12.4 Å². The Morgan fingerprint density at radius 2 is 1.86 bits per heavy atom. The SMILES string of the molecule is COCCNCc1ccc(CCl)cc1. The maximum Gasteiger partial charge on any atom is 0.0587 e. The van der Waals surface area contributed by atoms with Crippen LogP contribution in [0, 0.1) is 0 Å². The molecule has 0 atom stereocenters. The highest BCUT2D eigenvalue weighted by Crippen LogP contribution is 2.06. The van der Waals surface area contributed by atoms with Crippen molar-refractivity contribution in [2.75, 3.05) is 20.3 Å². The van der Waals surface area contributed by atoms with E-state index < -0.39 is 0 Å². The highest BCUT2D eigenvalue weighted by atomic mass is 35.5. The Morgan fingerprint density at radius 3 is 2.43 bits per heavy atom. The molecule has 0 unspecified atom stereocenters. The van der Waals surface area contributed by atoms with E-state index >= 15 is 0 Å². The van der Waals surface area contributed by atoms with E-state index in [0.29, 0.717) is 5.88 Å². The monoisotopic (exact) mass is 213 g/mol. The van der Waals surface area contributed by atoms with E-state index in [-0.39, 0.29) is 0 Å². The maximum absolute atomic E-state index is 5.69. The van der Waals surface area contributed by atoms with Crippen molar-refractivity contribution in [3.63, 3.8) is 0 Å². The lowest BCUT2D eigenvalue weighted by Crippen LogP contribution is -2.18. The van der Waals surface area contributed by atoms with Gasteiger partial charge in [-0.05, 0) is 11.1 Å². The molecular weight excluding hydrogens is 198 g/mol. The first-order valence-corrected chi connectivity index (χ1v) is 5.23. The summed E-state index contributed by atoms with van der Waals surface area (Å²) in [7, 11) is 1.71. The van der Waals surface area contributed by atoms with E-state index in [0.717, 1.165) is 25.3 Å². The normalized spacial score (nSPS) is 10.4. The number of ether oxygens (including phenoxy) is 1. The van der Waals surface area contributed by atoms with Crippen molar-refractivity contribution in [3.05, 3.63) is 35.4 Å². The number of benzene rings is 1. The topological polar surface area (TPSA) is 21.3 Å². The Morgan fingerprint density at radius 1 is 1.21 bits per heavy atom.